The maximum atomic E-state index is 13.6. The average molecular weight is 253 g/mol. The zero-order chi connectivity index (χ0) is 13.3. The van der Waals surface area contributed by atoms with Crippen molar-refractivity contribution in [3.05, 3.63) is 47.2 Å². The summed E-state index contributed by atoms with van der Waals surface area (Å²) in [4.78, 5) is 0. The van der Waals surface area contributed by atoms with E-state index in [1.807, 2.05) is 0 Å². The van der Waals surface area contributed by atoms with E-state index < -0.39 is 17.7 Å². The largest absolute Gasteiger partial charge is 0.481 e. The van der Waals surface area contributed by atoms with Gasteiger partial charge >= 0.3 is 0 Å². The van der Waals surface area contributed by atoms with Crippen LogP contribution in [0, 0.1) is 11.6 Å². The van der Waals surface area contributed by atoms with Crippen molar-refractivity contribution >= 4 is 0 Å². The maximum Gasteiger partial charge on any atom is 0.211 e. The molecule has 6 heteroatoms. The second kappa shape index (κ2) is 4.73. The van der Waals surface area contributed by atoms with Crippen molar-refractivity contribution in [3.8, 4) is 5.88 Å². The summed E-state index contributed by atoms with van der Waals surface area (Å²) in [6, 6.07) is 4.20. The number of methoxy groups -OCH3 is 1. The number of benzene rings is 1. The molecule has 4 nitrogen and oxygen atoms in total. The van der Waals surface area contributed by atoms with E-state index in [1.165, 1.54) is 30.0 Å². The van der Waals surface area contributed by atoms with Gasteiger partial charge in [0, 0.05) is 18.7 Å². The van der Waals surface area contributed by atoms with E-state index in [0.717, 1.165) is 0 Å². The molecule has 1 atom stereocenters. The first kappa shape index (κ1) is 12.5. The molecule has 0 saturated heterocycles. The molecule has 1 heterocycles. The lowest BCUT2D eigenvalue weighted by molar-refractivity contribution is 0.373. The Morgan fingerprint density at radius 2 is 1.94 bits per heavy atom. The van der Waals surface area contributed by atoms with Gasteiger partial charge in [-0.1, -0.05) is 6.07 Å². The van der Waals surface area contributed by atoms with Crippen molar-refractivity contribution in [1.29, 1.82) is 0 Å². The average Bonchev–Trinajstić information content (AvgIpc) is 2.70. The molecule has 18 heavy (non-hydrogen) atoms. The molecular weight excluding hydrogens is 240 g/mol. The van der Waals surface area contributed by atoms with Crippen molar-refractivity contribution in [2.75, 3.05) is 7.11 Å². The van der Waals surface area contributed by atoms with Gasteiger partial charge in [-0.25, -0.2) is 13.5 Å². The number of aryl methyl sites for hydroxylation is 1. The van der Waals surface area contributed by atoms with Gasteiger partial charge in [0.2, 0.25) is 5.88 Å². The summed E-state index contributed by atoms with van der Waals surface area (Å²) in [5, 5.41) is 4.07. The van der Waals surface area contributed by atoms with E-state index in [-0.39, 0.29) is 5.56 Å². The summed E-state index contributed by atoms with van der Waals surface area (Å²) in [6.45, 7) is 0. The van der Waals surface area contributed by atoms with Crippen LogP contribution in [-0.2, 0) is 7.05 Å². The van der Waals surface area contributed by atoms with Crippen molar-refractivity contribution < 1.29 is 13.5 Å². The van der Waals surface area contributed by atoms with Crippen LogP contribution in [0.2, 0.25) is 0 Å². The number of halogens is 2. The molecule has 2 aromatic rings. The monoisotopic (exact) mass is 253 g/mol. The molecule has 0 fully saturated rings. The third-order valence-corrected chi connectivity index (χ3v) is 2.69. The lowest BCUT2D eigenvalue weighted by Crippen LogP contribution is -2.16. The molecule has 0 saturated carbocycles. The number of hydrogen-bond donors (Lipinski definition) is 1. The number of nitrogens with two attached hydrogens (primary N) is 1. The Bertz CT molecular complexity index is 548. The minimum atomic E-state index is -0.971. The van der Waals surface area contributed by atoms with E-state index >= 15 is 0 Å². The SMILES string of the molecule is COc1cc(C(N)c2c(F)cccc2F)nn1C. The molecule has 0 aliphatic rings. The summed E-state index contributed by atoms with van der Waals surface area (Å²) in [5.74, 6) is -0.906. The first-order valence-corrected chi connectivity index (χ1v) is 5.32. The molecule has 1 unspecified atom stereocenters. The van der Waals surface area contributed by atoms with Crippen molar-refractivity contribution in [1.82, 2.24) is 9.78 Å². The summed E-state index contributed by atoms with van der Waals surface area (Å²) < 4.78 is 33.7. The second-order valence-electron chi connectivity index (χ2n) is 3.85. The summed E-state index contributed by atoms with van der Waals surface area (Å²) in [7, 11) is 3.14. The van der Waals surface area contributed by atoms with Gasteiger partial charge in [-0.2, -0.15) is 5.10 Å². The van der Waals surface area contributed by atoms with Crippen LogP contribution < -0.4 is 10.5 Å². The first-order chi connectivity index (χ1) is 8.54. The molecule has 96 valence electrons. The standard InChI is InChI=1S/C12H13F2N3O/c1-17-10(18-2)6-9(16-17)12(15)11-7(13)4-3-5-8(11)14/h3-6,12H,15H2,1-2H3. The second-order valence-corrected chi connectivity index (χ2v) is 3.85. The summed E-state index contributed by atoms with van der Waals surface area (Å²) in [6.07, 6.45) is 0. The van der Waals surface area contributed by atoms with Crippen LogP contribution in [0.3, 0.4) is 0 Å². The summed E-state index contributed by atoms with van der Waals surface area (Å²) >= 11 is 0. The molecule has 1 aromatic carbocycles. The third-order valence-electron chi connectivity index (χ3n) is 2.69. The van der Waals surface area contributed by atoms with Crippen LogP contribution in [0.1, 0.15) is 17.3 Å². The number of hydrogen-bond acceptors (Lipinski definition) is 3. The predicted molar refractivity (Wildman–Crippen MR) is 62.1 cm³/mol. The fraction of sp³-hybridized carbons (Fsp3) is 0.250. The number of ether oxygens (including phenoxy) is 1. The highest BCUT2D eigenvalue weighted by Crippen LogP contribution is 2.26. The van der Waals surface area contributed by atoms with Crippen LogP contribution in [0.4, 0.5) is 8.78 Å². The highest BCUT2D eigenvalue weighted by Gasteiger charge is 2.21. The Morgan fingerprint density at radius 3 is 2.44 bits per heavy atom. The molecule has 0 aliphatic carbocycles. The molecule has 0 radical (unpaired) electrons. The molecule has 0 bridgehead atoms. The molecule has 2 N–H and O–H groups in total. The van der Waals surface area contributed by atoms with Crippen LogP contribution in [-0.4, -0.2) is 16.9 Å². The normalized spacial score (nSPS) is 12.5. The molecular formula is C12H13F2N3O. The van der Waals surface area contributed by atoms with Crippen LogP contribution in [0.15, 0.2) is 24.3 Å². The Morgan fingerprint density at radius 1 is 1.33 bits per heavy atom. The van der Waals surface area contributed by atoms with Gasteiger partial charge in [-0.15, -0.1) is 0 Å². The Labute approximate surface area is 103 Å². The molecule has 1 aromatic heterocycles. The minimum Gasteiger partial charge on any atom is -0.481 e. The van der Waals surface area contributed by atoms with Crippen molar-refractivity contribution in [3.63, 3.8) is 0 Å². The van der Waals surface area contributed by atoms with E-state index in [2.05, 4.69) is 5.10 Å². The molecule has 0 amide bonds. The minimum absolute atomic E-state index is 0.196. The van der Waals surface area contributed by atoms with Gasteiger partial charge in [0.05, 0.1) is 18.8 Å². The number of nitrogens with zero attached hydrogens (tertiary/aromatic N) is 2. The number of rotatable bonds is 3. The van der Waals surface area contributed by atoms with Crippen LogP contribution in [0.5, 0.6) is 5.88 Å². The van der Waals surface area contributed by atoms with E-state index in [0.29, 0.717) is 11.6 Å². The maximum absolute atomic E-state index is 13.6. The van der Waals surface area contributed by atoms with E-state index in [4.69, 9.17) is 10.5 Å². The molecule has 2 rings (SSSR count). The van der Waals surface area contributed by atoms with Gasteiger partial charge in [0.1, 0.15) is 11.6 Å². The first-order valence-electron chi connectivity index (χ1n) is 5.32. The van der Waals surface area contributed by atoms with Crippen LogP contribution >= 0.6 is 0 Å². The smallest absolute Gasteiger partial charge is 0.211 e. The van der Waals surface area contributed by atoms with Crippen molar-refractivity contribution in [2.24, 2.45) is 12.8 Å². The lowest BCUT2D eigenvalue weighted by atomic mass is 10.0. The zero-order valence-corrected chi connectivity index (χ0v) is 10.0. The highest BCUT2D eigenvalue weighted by molar-refractivity contribution is 5.31. The summed E-state index contributed by atoms with van der Waals surface area (Å²) in [5.41, 5.74) is 5.99. The zero-order valence-electron chi connectivity index (χ0n) is 10.0. The van der Waals surface area contributed by atoms with Gasteiger partial charge in [-0.05, 0) is 12.1 Å². The Hall–Kier alpha value is -1.95. The fourth-order valence-corrected chi connectivity index (χ4v) is 1.77. The highest BCUT2D eigenvalue weighted by atomic mass is 19.1. The van der Waals surface area contributed by atoms with E-state index in [9.17, 15) is 8.78 Å². The van der Waals surface area contributed by atoms with Gasteiger partial charge < -0.3 is 10.5 Å². The topological polar surface area (TPSA) is 53.1 Å². The molecule has 0 spiro atoms. The quantitative estimate of drug-likeness (QED) is 0.906. The van der Waals surface area contributed by atoms with Crippen molar-refractivity contribution in [2.45, 2.75) is 6.04 Å². The van der Waals surface area contributed by atoms with Gasteiger partial charge in [0.25, 0.3) is 0 Å². The van der Waals surface area contributed by atoms with Gasteiger partial charge in [-0.3, -0.25) is 0 Å². The lowest BCUT2D eigenvalue weighted by Gasteiger charge is -2.11. The number of aromatic nitrogens is 2. The Balaban J connectivity index is 2.44. The Kier molecular flexibility index (Phi) is 3.29. The third kappa shape index (κ3) is 2.06. The predicted octanol–water partition coefficient (Wildman–Crippen LogP) is 1.75. The fourth-order valence-electron chi connectivity index (χ4n) is 1.77. The molecule has 0 aliphatic heterocycles. The van der Waals surface area contributed by atoms with Crippen LogP contribution in [0.25, 0.3) is 0 Å². The van der Waals surface area contributed by atoms with Gasteiger partial charge in [0.15, 0.2) is 0 Å². The van der Waals surface area contributed by atoms with E-state index in [1.54, 1.807) is 13.1 Å².